The fraction of sp³-hybridized carbons (Fsp3) is 0.444. The highest BCUT2D eigenvalue weighted by Gasteiger charge is 1.98. The number of aryl methyl sites for hydroxylation is 1. The minimum absolute atomic E-state index is 0.648. The largest absolute Gasteiger partial charge is 0.396 e. The van der Waals surface area contributed by atoms with Gasteiger partial charge in [0.25, 0.3) is 0 Å². The summed E-state index contributed by atoms with van der Waals surface area (Å²) in [5, 5.41) is 3.08. The first kappa shape index (κ1) is 9.80. The molecule has 4 heteroatoms. The molecule has 0 fully saturated rings. The van der Waals surface area contributed by atoms with Crippen LogP contribution < -0.4 is 11.1 Å². The molecule has 0 saturated carbocycles. The van der Waals surface area contributed by atoms with Crippen LogP contribution >= 0.6 is 0 Å². The molecule has 0 aliphatic heterocycles. The van der Waals surface area contributed by atoms with Crippen LogP contribution in [-0.2, 0) is 4.74 Å². The van der Waals surface area contributed by atoms with E-state index < -0.39 is 0 Å². The van der Waals surface area contributed by atoms with E-state index >= 15 is 0 Å². The van der Waals surface area contributed by atoms with E-state index in [0.29, 0.717) is 12.3 Å². The van der Waals surface area contributed by atoms with E-state index in [1.165, 1.54) is 0 Å². The van der Waals surface area contributed by atoms with Crippen molar-refractivity contribution in [2.75, 3.05) is 31.3 Å². The lowest BCUT2D eigenvalue weighted by Crippen LogP contribution is -2.10. The second kappa shape index (κ2) is 4.67. The van der Waals surface area contributed by atoms with Gasteiger partial charge >= 0.3 is 0 Å². The molecule has 0 atom stereocenters. The van der Waals surface area contributed by atoms with Crippen LogP contribution in [0.1, 0.15) is 5.56 Å². The van der Waals surface area contributed by atoms with Gasteiger partial charge in [0.2, 0.25) is 0 Å². The fourth-order valence-corrected chi connectivity index (χ4v) is 1.01. The second-order valence-electron chi connectivity index (χ2n) is 2.87. The topological polar surface area (TPSA) is 60.2 Å². The molecule has 1 aromatic rings. The van der Waals surface area contributed by atoms with Crippen molar-refractivity contribution in [3.8, 4) is 0 Å². The normalized spacial score (nSPS) is 10.0. The number of aromatic nitrogens is 1. The molecule has 13 heavy (non-hydrogen) atoms. The molecule has 0 saturated heterocycles. The summed E-state index contributed by atoms with van der Waals surface area (Å²) in [6.07, 6.45) is 1.78. The van der Waals surface area contributed by atoms with Crippen molar-refractivity contribution >= 4 is 11.5 Å². The van der Waals surface area contributed by atoms with Crippen LogP contribution in [0.25, 0.3) is 0 Å². The summed E-state index contributed by atoms with van der Waals surface area (Å²) >= 11 is 0. The highest BCUT2D eigenvalue weighted by atomic mass is 16.5. The van der Waals surface area contributed by atoms with Crippen molar-refractivity contribution in [3.05, 3.63) is 17.8 Å². The number of pyridine rings is 1. The van der Waals surface area contributed by atoms with Crippen LogP contribution in [0.4, 0.5) is 11.5 Å². The fourth-order valence-electron chi connectivity index (χ4n) is 1.01. The second-order valence-corrected chi connectivity index (χ2v) is 2.87. The predicted octanol–water partition coefficient (Wildman–Crippen LogP) is 1.03. The molecule has 0 aromatic carbocycles. The standard InChI is InChI=1S/C9H15N3O/c1-7-5-8(10)9(12-6-7)11-3-4-13-2/h5-6H,3-4,10H2,1-2H3,(H,11,12). The average Bonchev–Trinajstić information content (AvgIpc) is 2.09. The van der Waals surface area contributed by atoms with Gasteiger partial charge in [-0.15, -0.1) is 0 Å². The molecule has 0 bridgehead atoms. The zero-order chi connectivity index (χ0) is 9.68. The van der Waals surface area contributed by atoms with Crippen molar-refractivity contribution in [1.82, 2.24) is 4.98 Å². The number of hydrogen-bond acceptors (Lipinski definition) is 4. The number of nitrogens with two attached hydrogens (primary N) is 1. The van der Waals surface area contributed by atoms with E-state index in [1.54, 1.807) is 13.3 Å². The molecular formula is C9H15N3O. The van der Waals surface area contributed by atoms with Crippen molar-refractivity contribution in [2.45, 2.75) is 6.92 Å². The predicted molar refractivity (Wildman–Crippen MR) is 53.8 cm³/mol. The maximum absolute atomic E-state index is 5.74. The Morgan fingerprint density at radius 2 is 2.38 bits per heavy atom. The Morgan fingerprint density at radius 1 is 1.62 bits per heavy atom. The number of nitrogens with zero attached hydrogens (tertiary/aromatic N) is 1. The SMILES string of the molecule is COCCNc1ncc(C)cc1N. The third-order valence-corrected chi connectivity index (χ3v) is 1.65. The number of nitrogen functional groups attached to an aromatic ring is 1. The van der Waals surface area contributed by atoms with Gasteiger partial charge in [-0.1, -0.05) is 0 Å². The summed E-state index contributed by atoms with van der Waals surface area (Å²) in [7, 11) is 1.66. The molecule has 0 aliphatic rings. The number of anilines is 2. The number of methoxy groups -OCH3 is 1. The van der Waals surface area contributed by atoms with E-state index in [2.05, 4.69) is 10.3 Å². The lowest BCUT2D eigenvalue weighted by atomic mass is 10.3. The number of nitrogens with one attached hydrogen (secondary N) is 1. The summed E-state index contributed by atoms with van der Waals surface area (Å²) in [6.45, 7) is 3.33. The monoisotopic (exact) mass is 181 g/mol. The quantitative estimate of drug-likeness (QED) is 0.681. The Morgan fingerprint density at radius 3 is 3.00 bits per heavy atom. The Labute approximate surface area is 78.1 Å². The van der Waals surface area contributed by atoms with Crippen LogP contribution in [0.3, 0.4) is 0 Å². The highest BCUT2D eigenvalue weighted by Crippen LogP contribution is 2.14. The Balaban J connectivity index is 2.56. The molecule has 0 radical (unpaired) electrons. The minimum atomic E-state index is 0.648. The Hall–Kier alpha value is -1.29. The zero-order valence-corrected chi connectivity index (χ0v) is 8.00. The summed E-state index contributed by atoms with van der Waals surface area (Å²) < 4.78 is 4.90. The van der Waals surface area contributed by atoms with Crippen LogP contribution in [0.2, 0.25) is 0 Å². The molecule has 0 amide bonds. The summed E-state index contributed by atoms with van der Waals surface area (Å²) in [6, 6.07) is 1.89. The lowest BCUT2D eigenvalue weighted by molar-refractivity contribution is 0.210. The van der Waals surface area contributed by atoms with Crippen molar-refractivity contribution in [2.24, 2.45) is 0 Å². The van der Waals surface area contributed by atoms with Crippen molar-refractivity contribution in [3.63, 3.8) is 0 Å². The molecule has 0 unspecified atom stereocenters. The molecule has 1 heterocycles. The van der Waals surface area contributed by atoms with Crippen LogP contribution in [-0.4, -0.2) is 25.2 Å². The zero-order valence-electron chi connectivity index (χ0n) is 8.00. The van der Waals surface area contributed by atoms with Gasteiger partial charge in [0, 0.05) is 19.9 Å². The van der Waals surface area contributed by atoms with Crippen molar-refractivity contribution < 1.29 is 4.74 Å². The van der Waals surface area contributed by atoms with Gasteiger partial charge < -0.3 is 15.8 Å². The lowest BCUT2D eigenvalue weighted by Gasteiger charge is -2.07. The highest BCUT2D eigenvalue weighted by molar-refractivity contribution is 5.61. The van der Waals surface area contributed by atoms with Gasteiger partial charge in [0.1, 0.15) is 5.82 Å². The number of hydrogen-bond donors (Lipinski definition) is 2. The summed E-state index contributed by atoms with van der Waals surface area (Å²) in [4.78, 5) is 4.16. The van der Waals surface area contributed by atoms with E-state index in [4.69, 9.17) is 10.5 Å². The molecule has 3 N–H and O–H groups in total. The molecule has 0 spiro atoms. The van der Waals surface area contributed by atoms with Gasteiger partial charge in [-0.2, -0.15) is 0 Å². The molecular weight excluding hydrogens is 166 g/mol. The molecule has 72 valence electrons. The first-order chi connectivity index (χ1) is 6.24. The molecule has 0 aliphatic carbocycles. The third-order valence-electron chi connectivity index (χ3n) is 1.65. The van der Waals surface area contributed by atoms with Gasteiger partial charge in [-0.25, -0.2) is 4.98 Å². The minimum Gasteiger partial charge on any atom is -0.396 e. The van der Waals surface area contributed by atoms with Crippen molar-refractivity contribution in [1.29, 1.82) is 0 Å². The van der Waals surface area contributed by atoms with Crippen LogP contribution in [0.5, 0.6) is 0 Å². The van der Waals surface area contributed by atoms with E-state index in [9.17, 15) is 0 Å². The smallest absolute Gasteiger partial charge is 0.149 e. The van der Waals surface area contributed by atoms with Gasteiger partial charge in [-0.05, 0) is 18.6 Å². The van der Waals surface area contributed by atoms with Gasteiger partial charge in [0.05, 0.1) is 12.3 Å². The van der Waals surface area contributed by atoms with E-state index in [1.807, 2.05) is 13.0 Å². The third kappa shape index (κ3) is 2.91. The number of ether oxygens (including phenoxy) is 1. The Bertz CT molecular complexity index is 276. The number of rotatable bonds is 4. The average molecular weight is 181 g/mol. The van der Waals surface area contributed by atoms with Gasteiger partial charge in [0.15, 0.2) is 0 Å². The molecule has 1 rings (SSSR count). The van der Waals surface area contributed by atoms with E-state index in [-0.39, 0.29) is 0 Å². The van der Waals surface area contributed by atoms with E-state index in [0.717, 1.165) is 17.9 Å². The van der Waals surface area contributed by atoms with Crippen LogP contribution in [0, 0.1) is 6.92 Å². The first-order valence-corrected chi connectivity index (χ1v) is 4.19. The summed E-state index contributed by atoms with van der Waals surface area (Å²) in [5.74, 6) is 0.725. The molecule has 1 aromatic heterocycles. The maximum Gasteiger partial charge on any atom is 0.149 e. The van der Waals surface area contributed by atoms with Crippen LogP contribution in [0.15, 0.2) is 12.3 Å². The Kier molecular flexibility index (Phi) is 3.52. The molecule has 4 nitrogen and oxygen atoms in total. The first-order valence-electron chi connectivity index (χ1n) is 4.19. The summed E-state index contributed by atoms with van der Waals surface area (Å²) in [5.41, 5.74) is 7.48. The van der Waals surface area contributed by atoms with Gasteiger partial charge in [-0.3, -0.25) is 0 Å². The maximum atomic E-state index is 5.74.